The van der Waals surface area contributed by atoms with Crippen molar-refractivity contribution in [3.05, 3.63) is 29.8 Å². The second-order valence-electron chi connectivity index (χ2n) is 5.87. The first-order valence-corrected chi connectivity index (χ1v) is 7.17. The maximum atomic E-state index is 12.1. The van der Waals surface area contributed by atoms with Crippen molar-refractivity contribution in [3.8, 4) is 5.75 Å². The Balaban J connectivity index is 1.53. The van der Waals surface area contributed by atoms with E-state index in [0.717, 1.165) is 23.1 Å². The van der Waals surface area contributed by atoms with Crippen molar-refractivity contribution in [1.82, 2.24) is 5.32 Å². The van der Waals surface area contributed by atoms with Crippen LogP contribution < -0.4 is 10.1 Å². The van der Waals surface area contributed by atoms with Crippen LogP contribution in [0.5, 0.6) is 5.75 Å². The summed E-state index contributed by atoms with van der Waals surface area (Å²) in [6, 6.07) is 8.16. The van der Waals surface area contributed by atoms with E-state index in [-0.39, 0.29) is 5.91 Å². The van der Waals surface area contributed by atoms with E-state index in [0.29, 0.717) is 12.5 Å². The summed E-state index contributed by atoms with van der Waals surface area (Å²) in [5, 5.41) is 3.22. The SMILES string of the molecule is COc1ccc(CC(=O)N[C@@H]2C[C@H]3CC[C@H]2C3)cc1. The molecule has 0 aliphatic heterocycles. The molecule has 1 amide bonds. The number of fused-ring (bicyclic) bond motifs is 2. The molecule has 2 saturated carbocycles. The number of methoxy groups -OCH3 is 1. The molecule has 0 unspecified atom stereocenters. The van der Waals surface area contributed by atoms with E-state index < -0.39 is 0 Å². The highest BCUT2D eigenvalue weighted by Gasteiger charge is 2.39. The van der Waals surface area contributed by atoms with E-state index in [9.17, 15) is 4.79 Å². The van der Waals surface area contributed by atoms with Gasteiger partial charge in [-0.2, -0.15) is 0 Å². The Labute approximate surface area is 114 Å². The van der Waals surface area contributed by atoms with Crippen molar-refractivity contribution in [1.29, 1.82) is 0 Å². The summed E-state index contributed by atoms with van der Waals surface area (Å²) < 4.78 is 5.11. The fourth-order valence-corrected chi connectivity index (χ4v) is 3.61. The van der Waals surface area contributed by atoms with Crippen LogP contribution >= 0.6 is 0 Å². The van der Waals surface area contributed by atoms with Crippen LogP contribution in [0.25, 0.3) is 0 Å². The van der Waals surface area contributed by atoms with E-state index in [2.05, 4.69) is 5.32 Å². The zero-order valence-corrected chi connectivity index (χ0v) is 11.4. The van der Waals surface area contributed by atoms with Gasteiger partial charge in [0, 0.05) is 6.04 Å². The van der Waals surface area contributed by atoms with Crippen molar-refractivity contribution >= 4 is 5.91 Å². The Kier molecular flexibility index (Phi) is 3.45. The van der Waals surface area contributed by atoms with Gasteiger partial charge in [-0.1, -0.05) is 18.6 Å². The van der Waals surface area contributed by atoms with Crippen LogP contribution in [0.2, 0.25) is 0 Å². The maximum absolute atomic E-state index is 12.1. The lowest BCUT2D eigenvalue weighted by atomic mass is 9.95. The fourth-order valence-electron chi connectivity index (χ4n) is 3.61. The van der Waals surface area contributed by atoms with E-state index in [1.165, 1.54) is 25.7 Å². The van der Waals surface area contributed by atoms with Crippen LogP contribution in [-0.4, -0.2) is 19.1 Å². The van der Waals surface area contributed by atoms with Crippen LogP contribution in [0.3, 0.4) is 0 Å². The summed E-state index contributed by atoms with van der Waals surface area (Å²) in [7, 11) is 1.65. The first-order chi connectivity index (χ1) is 9.24. The number of ether oxygens (including phenoxy) is 1. The van der Waals surface area contributed by atoms with E-state index in [1.807, 2.05) is 24.3 Å². The van der Waals surface area contributed by atoms with Gasteiger partial charge in [0.05, 0.1) is 13.5 Å². The predicted molar refractivity (Wildman–Crippen MR) is 74.1 cm³/mol. The summed E-state index contributed by atoms with van der Waals surface area (Å²) in [5.74, 6) is 2.60. The Bertz CT molecular complexity index is 454. The number of nitrogens with one attached hydrogen (secondary N) is 1. The second kappa shape index (κ2) is 5.24. The molecule has 0 heterocycles. The summed E-state index contributed by atoms with van der Waals surface area (Å²) in [6.07, 6.45) is 5.66. The third-order valence-electron chi connectivity index (χ3n) is 4.61. The summed E-state index contributed by atoms with van der Waals surface area (Å²) in [6.45, 7) is 0. The molecule has 2 aliphatic carbocycles. The van der Waals surface area contributed by atoms with Gasteiger partial charge in [0.15, 0.2) is 0 Å². The molecule has 102 valence electrons. The highest BCUT2D eigenvalue weighted by atomic mass is 16.5. The molecule has 1 aromatic carbocycles. The topological polar surface area (TPSA) is 38.3 Å². The monoisotopic (exact) mass is 259 g/mol. The Morgan fingerprint density at radius 2 is 2.05 bits per heavy atom. The minimum absolute atomic E-state index is 0.155. The first kappa shape index (κ1) is 12.5. The molecule has 0 spiro atoms. The minimum atomic E-state index is 0.155. The second-order valence-corrected chi connectivity index (χ2v) is 5.87. The summed E-state index contributed by atoms with van der Waals surface area (Å²) >= 11 is 0. The third kappa shape index (κ3) is 2.75. The largest absolute Gasteiger partial charge is 0.497 e. The fraction of sp³-hybridized carbons (Fsp3) is 0.562. The maximum Gasteiger partial charge on any atom is 0.224 e. The normalized spacial score (nSPS) is 28.4. The molecule has 3 rings (SSSR count). The van der Waals surface area contributed by atoms with Crippen molar-refractivity contribution in [2.24, 2.45) is 11.8 Å². The minimum Gasteiger partial charge on any atom is -0.497 e. The zero-order valence-electron chi connectivity index (χ0n) is 11.4. The Morgan fingerprint density at radius 1 is 1.26 bits per heavy atom. The van der Waals surface area contributed by atoms with Gasteiger partial charge in [-0.25, -0.2) is 0 Å². The summed E-state index contributed by atoms with van der Waals surface area (Å²) in [4.78, 5) is 12.1. The number of benzene rings is 1. The number of rotatable bonds is 4. The molecule has 19 heavy (non-hydrogen) atoms. The van der Waals surface area contributed by atoms with Gasteiger partial charge in [-0.05, 0) is 48.8 Å². The van der Waals surface area contributed by atoms with Crippen molar-refractivity contribution in [2.75, 3.05) is 7.11 Å². The van der Waals surface area contributed by atoms with Crippen LogP contribution in [0.15, 0.2) is 24.3 Å². The highest BCUT2D eigenvalue weighted by molar-refractivity contribution is 5.79. The van der Waals surface area contributed by atoms with E-state index >= 15 is 0 Å². The molecule has 3 atom stereocenters. The third-order valence-corrected chi connectivity index (χ3v) is 4.61. The standard InChI is InChI=1S/C16H21NO2/c1-19-14-6-3-11(4-7-14)10-16(18)17-15-9-12-2-5-13(15)8-12/h3-4,6-7,12-13,15H,2,5,8-10H2,1H3,(H,17,18)/t12-,13-,15+/m0/s1. The predicted octanol–water partition coefficient (Wildman–Crippen LogP) is 2.54. The molecular weight excluding hydrogens is 238 g/mol. The Morgan fingerprint density at radius 3 is 2.63 bits per heavy atom. The average molecular weight is 259 g/mol. The van der Waals surface area contributed by atoms with Gasteiger partial charge in [0.2, 0.25) is 5.91 Å². The first-order valence-electron chi connectivity index (χ1n) is 7.17. The lowest BCUT2D eigenvalue weighted by molar-refractivity contribution is -0.121. The van der Waals surface area contributed by atoms with E-state index in [4.69, 9.17) is 4.74 Å². The zero-order chi connectivity index (χ0) is 13.2. The van der Waals surface area contributed by atoms with Gasteiger partial charge >= 0.3 is 0 Å². The number of hydrogen-bond donors (Lipinski definition) is 1. The summed E-state index contributed by atoms with van der Waals surface area (Å²) in [5.41, 5.74) is 1.04. The molecule has 3 heteroatoms. The van der Waals surface area contributed by atoms with Crippen LogP contribution in [0.1, 0.15) is 31.2 Å². The van der Waals surface area contributed by atoms with Gasteiger partial charge in [0.25, 0.3) is 0 Å². The average Bonchev–Trinajstić information content (AvgIpc) is 3.02. The molecule has 3 nitrogen and oxygen atoms in total. The molecule has 1 aromatic rings. The number of carbonyl (C=O) groups excluding carboxylic acids is 1. The smallest absolute Gasteiger partial charge is 0.224 e. The van der Waals surface area contributed by atoms with Gasteiger partial charge in [0.1, 0.15) is 5.75 Å². The number of carbonyl (C=O) groups is 1. The molecular formula is C16H21NO2. The van der Waals surface area contributed by atoms with Gasteiger partial charge in [-0.3, -0.25) is 4.79 Å². The molecule has 2 bridgehead atoms. The highest BCUT2D eigenvalue weighted by Crippen LogP contribution is 2.44. The quantitative estimate of drug-likeness (QED) is 0.902. The van der Waals surface area contributed by atoms with Crippen LogP contribution in [0, 0.1) is 11.8 Å². The molecule has 0 radical (unpaired) electrons. The lowest BCUT2D eigenvalue weighted by Crippen LogP contribution is -2.39. The van der Waals surface area contributed by atoms with Crippen molar-refractivity contribution < 1.29 is 9.53 Å². The number of hydrogen-bond acceptors (Lipinski definition) is 2. The molecule has 2 aliphatic rings. The lowest BCUT2D eigenvalue weighted by Gasteiger charge is -2.22. The van der Waals surface area contributed by atoms with Crippen LogP contribution in [0.4, 0.5) is 0 Å². The van der Waals surface area contributed by atoms with Gasteiger partial charge in [-0.15, -0.1) is 0 Å². The van der Waals surface area contributed by atoms with Crippen molar-refractivity contribution in [2.45, 2.75) is 38.1 Å². The van der Waals surface area contributed by atoms with Crippen LogP contribution in [-0.2, 0) is 11.2 Å². The molecule has 2 fully saturated rings. The molecule has 0 aromatic heterocycles. The Hall–Kier alpha value is -1.51. The number of amides is 1. The molecule has 1 N–H and O–H groups in total. The molecule has 0 saturated heterocycles. The van der Waals surface area contributed by atoms with Crippen molar-refractivity contribution in [3.63, 3.8) is 0 Å². The van der Waals surface area contributed by atoms with Gasteiger partial charge < -0.3 is 10.1 Å². The van der Waals surface area contributed by atoms with E-state index in [1.54, 1.807) is 7.11 Å².